The highest BCUT2D eigenvalue weighted by atomic mass is 32.2. The van der Waals surface area contributed by atoms with Crippen LogP contribution in [0, 0.1) is 0 Å². The molecule has 180 valence electrons. The number of benzene rings is 3. The van der Waals surface area contributed by atoms with Crippen molar-refractivity contribution in [1.29, 1.82) is 0 Å². The first-order valence-electron chi connectivity index (χ1n) is 11.3. The molecule has 1 aliphatic rings. The fraction of sp³-hybridized carbons (Fsp3) is 0.111. The molecule has 0 bridgehead atoms. The van der Waals surface area contributed by atoms with E-state index in [1.54, 1.807) is 10.7 Å². The van der Waals surface area contributed by atoms with Crippen molar-refractivity contribution < 1.29 is 19.1 Å². The molecule has 4 aromatic rings. The van der Waals surface area contributed by atoms with Gasteiger partial charge in [-0.25, -0.2) is 4.68 Å². The Hall–Kier alpha value is -4.37. The van der Waals surface area contributed by atoms with E-state index in [4.69, 9.17) is 4.74 Å². The number of fused-ring (bicyclic) bond motifs is 1. The first-order chi connectivity index (χ1) is 17.6. The number of thioether (sulfide) groups is 1. The van der Waals surface area contributed by atoms with E-state index in [2.05, 4.69) is 15.7 Å². The zero-order chi connectivity index (χ0) is 24.9. The average molecular weight is 499 g/mol. The van der Waals surface area contributed by atoms with Crippen LogP contribution < -0.4 is 10.6 Å². The highest BCUT2D eigenvalue weighted by Crippen LogP contribution is 2.36. The normalized spacial score (nSPS) is 14.4. The fourth-order valence-corrected chi connectivity index (χ4v) is 4.84. The van der Waals surface area contributed by atoms with Gasteiger partial charge in [-0.1, -0.05) is 60.7 Å². The van der Waals surface area contributed by atoms with Crippen LogP contribution in [-0.4, -0.2) is 39.4 Å². The summed E-state index contributed by atoms with van der Waals surface area (Å²) in [6, 6.07) is 28.2. The van der Waals surface area contributed by atoms with Crippen LogP contribution in [0.15, 0.2) is 95.9 Å². The highest BCUT2D eigenvalue weighted by molar-refractivity contribution is 8.01. The Morgan fingerprint density at radius 1 is 0.972 bits per heavy atom. The first kappa shape index (κ1) is 23.4. The zero-order valence-corrected chi connectivity index (χ0v) is 19.9. The van der Waals surface area contributed by atoms with Crippen molar-refractivity contribution in [2.45, 2.75) is 16.6 Å². The standard InChI is InChI=1S/C27H22N4O4S/c32-25(17-35-26(33)16-23-27(34)28-20-13-7-8-14-22(20)36-23)29-24-15-21(18-9-3-1-4-10-18)30-31(24)19-11-5-2-6-12-19/h1-15,23H,16-17H2,(H,28,34)(H,29,32). The van der Waals surface area contributed by atoms with Crippen molar-refractivity contribution in [3.63, 3.8) is 0 Å². The Labute approximate surface area is 211 Å². The van der Waals surface area contributed by atoms with Crippen LogP contribution in [0.2, 0.25) is 0 Å². The molecule has 1 aromatic heterocycles. The quantitative estimate of drug-likeness (QED) is 0.363. The van der Waals surface area contributed by atoms with E-state index in [9.17, 15) is 14.4 Å². The van der Waals surface area contributed by atoms with Crippen molar-refractivity contribution in [2.75, 3.05) is 17.2 Å². The van der Waals surface area contributed by atoms with E-state index < -0.39 is 23.7 Å². The molecule has 0 saturated carbocycles. The van der Waals surface area contributed by atoms with Crippen LogP contribution in [-0.2, 0) is 19.1 Å². The number of carbonyl (C=O) groups excluding carboxylic acids is 3. The van der Waals surface area contributed by atoms with Crippen molar-refractivity contribution >= 4 is 41.1 Å². The number of carbonyl (C=O) groups is 3. The molecule has 0 radical (unpaired) electrons. The van der Waals surface area contributed by atoms with Gasteiger partial charge in [0.15, 0.2) is 6.61 Å². The molecule has 36 heavy (non-hydrogen) atoms. The lowest BCUT2D eigenvalue weighted by Crippen LogP contribution is -2.32. The number of anilines is 2. The third kappa shape index (κ3) is 5.31. The van der Waals surface area contributed by atoms with Crippen LogP contribution in [0.5, 0.6) is 0 Å². The predicted molar refractivity (Wildman–Crippen MR) is 138 cm³/mol. The number of hydrogen-bond acceptors (Lipinski definition) is 6. The molecule has 2 heterocycles. The van der Waals surface area contributed by atoms with E-state index in [1.807, 2.05) is 84.9 Å². The molecule has 1 aliphatic heterocycles. The van der Waals surface area contributed by atoms with E-state index in [-0.39, 0.29) is 12.3 Å². The van der Waals surface area contributed by atoms with E-state index in [0.29, 0.717) is 11.5 Å². The maximum absolute atomic E-state index is 12.7. The van der Waals surface area contributed by atoms with Crippen molar-refractivity contribution in [2.24, 2.45) is 0 Å². The van der Waals surface area contributed by atoms with Gasteiger partial charge in [0.2, 0.25) is 5.91 Å². The topological polar surface area (TPSA) is 102 Å². The second-order valence-electron chi connectivity index (χ2n) is 8.03. The van der Waals surface area contributed by atoms with Crippen molar-refractivity contribution in [1.82, 2.24) is 9.78 Å². The number of para-hydroxylation sites is 2. The molecular formula is C27H22N4O4S. The van der Waals surface area contributed by atoms with Gasteiger partial charge in [0.25, 0.3) is 5.91 Å². The van der Waals surface area contributed by atoms with Crippen molar-refractivity contribution in [3.8, 4) is 16.9 Å². The molecular weight excluding hydrogens is 476 g/mol. The molecule has 1 unspecified atom stereocenters. The molecule has 2 amide bonds. The van der Waals surface area contributed by atoms with Gasteiger partial charge in [0.05, 0.1) is 28.7 Å². The number of rotatable bonds is 7. The number of nitrogens with zero attached hydrogens (tertiary/aromatic N) is 2. The molecule has 5 rings (SSSR count). The Morgan fingerprint density at radius 3 is 2.44 bits per heavy atom. The van der Waals surface area contributed by atoms with Crippen LogP contribution in [0.1, 0.15) is 6.42 Å². The summed E-state index contributed by atoms with van der Waals surface area (Å²) in [7, 11) is 0. The smallest absolute Gasteiger partial charge is 0.307 e. The number of ether oxygens (including phenoxy) is 1. The molecule has 8 nitrogen and oxygen atoms in total. The maximum Gasteiger partial charge on any atom is 0.307 e. The summed E-state index contributed by atoms with van der Waals surface area (Å²) >= 11 is 1.31. The van der Waals surface area contributed by atoms with Crippen LogP contribution >= 0.6 is 11.8 Å². The largest absolute Gasteiger partial charge is 0.456 e. The van der Waals surface area contributed by atoms with Gasteiger partial charge in [-0.15, -0.1) is 11.8 Å². The number of amides is 2. The third-order valence-electron chi connectivity index (χ3n) is 5.47. The average Bonchev–Trinajstić information content (AvgIpc) is 3.32. The summed E-state index contributed by atoms with van der Waals surface area (Å²) in [5, 5.41) is 9.60. The summed E-state index contributed by atoms with van der Waals surface area (Å²) in [5.41, 5.74) is 3.08. The van der Waals surface area contributed by atoms with E-state index >= 15 is 0 Å². The summed E-state index contributed by atoms with van der Waals surface area (Å²) in [6.45, 7) is -0.477. The molecule has 0 fully saturated rings. The fourth-order valence-electron chi connectivity index (χ4n) is 3.75. The predicted octanol–water partition coefficient (Wildman–Crippen LogP) is 4.52. The third-order valence-corrected chi connectivity index (χ3v) is 6.75. The summed E-state index contributed by atoms with van der Waals surface area (Å²) in [6.07, 6.45) is -0.141. The summed E-state index contributed by atoms with van der Waals surface area (Å²) in [4.78, 5) is 38.3. The van der Waals surface area contributed by atoms with Crippen molar-refractivity contribution in [3.05, 3.63) is 91.0 Å². The van der Waals surface area contributed by atoms with Gasteiger partial charge in [-0.05, 0) is 24.3 Å². The lowest BCUT2D eigenvalue weighted by atomic mass is 10.2. The Morgan fingerprint density at radius 2 is 1.67 bits per heavy atom. The number of esters is 1. The molecule has 0 aliphatic carbocycles. The monoisotopic (exact) mass is 498 g/mol. The van der Waals surface area contributed by atoms with Gasteiger partial charge in [0.1, 0.15) is 5.82 Å². The highest BCUT2D eigenvalue weighted by Gasteiger charge is 2.29. The SMILES string of the molecule is O=C(COC(=O)CC1Sc2ccccc2NC1=O)Nc1cc(-c2ccccc2)nn1-c1ccccc1. The molecule has 3 aromatic carbocycles. The minimum Gasteiger partial charge on any atom is -0.456 e. The number of nitrogens with one attached hydrogen (secondary N) is 2. The molecule has 0 saturated heterocycles. The molecule has 9 heteroatoms. The molecule has 1 atom stereocenters. The summed E-state index contributed by atoms with van der Waals surface area (Å²) < 4.78 is 6.81. The van der Waals surface area contributed by atoms with Crippen LogP contribution in [0.25, 0.3) is 16.9 Å². The lowest BCUT2D eigenvalue weighted by molar-refractivity contribution is -0.147. The van der Waals surface area contributed by atoms with Gasteiger partial charge in [0, 0.05) is 16.5 Å². The molecule has 2 N–H and O–H groups in total. The van der Waals surface area contributed by atoms with Crippen LogP contribution in [0.4, 0.5) is 11.5 Å². The first-order valence-corrected chi connectivity index (χ1v) is 12.2. The molecule has 0 spiro atoms. The van der Waals surface area contributed by atoms with Crippen LogP contribution in [0.3, 0.4) is 0 Å². The lowest BCUT2D eigenvalue weighted by Gasteiger charge is -2.23. The van der Waals surface area contributed by atoms with Gasteiger partial charge in [-0.2, -0.15) is 5.10 Å². The van der Waals surface area contributed by atoms with E-state index in [1.165, 1.54) is 11.8 Å². The van der Waals surface area contributed by atoms with E-state index in [0.717, 1.165) is 21.8 Å². The number of hydrogen-bond donors (Lipinski definition) is 2. The zero-order valence-electron chi connectivity index (χ0n) is 19.1. The minimum atomic E-state index is -0.626. The van der Waals surface area contributed by atoms with Gasteiger partial charge in [-0.3, -0.25) is 14.4 Å². The van der Waals surface area contributed by atoms with Gasteiger partial charge < -0.3 is 15.4 Å². The maximum atomic E-state index is 12.7. The number of aromatic nitrogens is 2. The summed E-state index contributed by atoms with van der Waals surface area (Å²) in [5.74, 6) is -0.954. The van der Waals surface area contributed by atoms with Gasteiger partial charge >= 0.3 is 5.97 Å². The Balaban J connectivity index is 1.23. The Bertz CT molecular complexity index is 1410. The Kier molecular flexibility index (Phi) is 6.81. The minimum absolute atomic E-state index is 0.141. The second-order valence-corrected chi connectivity index (χ2v) is 9.28. The second kappa shape index (κ2) is 10.5.